The molecule has 2 fully saturated rings. The van der Waals surface area contributed by atoms with Crippen molar-refractivity contribution in [2.24, 2.45) is 0 Å². The molecule has 0 bridgehead atoms. The molecule has 4 nitrogen and oxygen atoms in total. The average Bonchev–Trinajstić information content (AvgIpc) is 2.44. The predicted octanol–water partition coefficient (Wildman–Crippen LogP) is 1.82. The first-order chi connectivity index (χ1) is 9.67. The summed E-state index contributed by atoms with van der Waals surface area (Å²) in [6.07, 6.45) is 2.11. The summed E-state index contributed by atoms with van der Waals surface area (Å²) in [5, 5.41) is 4.08. The molecule has 5 heteroatoms. The smallest absolute Gasteiger partial charge is 0.249 e. The maximum Gasteiger partial charge on any atom is 0.249 e. The van der Waals surface area contributed by atoms with E-state index in [-0.39, 0.29) is 18.1 Å². The van der Waals surface area contributed by atoms with Crippen LogP contribution in [0.3, 0.4) is 0 Å². The Morgan fingerprint density at radius 1 is 1.45 bits per heavy atom. The number of piperidine rings is 1. The number of carbonyl (C=O) groups is 1. The van der Waals surface area contributed by atoms with Crippen LogP contribution in [0, 0.1) is 0 Å². The van der Waals surface area contributed by atoms with E-state index in [4.69, 9.17) is 16.3 Å². The van der Waals surface area contributed by atoms with Crippen molar-refractivity contribution >= 4 is 17.5 Å². The number of rotatable bonds is 2. The fraction of sp³-hybridized carbons (Fsp3) is 0.533. The molecule has 1 atom stereocenters. The minimum absolute atomic E-state index is 0.0566. The van der Waals surface area contributed by atoms with E-state index in [1.165, 1.54) is 0 Å². The number of benzene rings is 1. The molecule has 1 N–H and O–H groups in total. The fourth-order valence-electron chi connectivity index (χ4n) is 2.99. The lowest BCUT2D eigenvalue weighted by atomic mass is 9.91. The van der Waals surface area contributed by atoms with Crippen molar-refractivity contribution in [1.82, 2.24) is 10.2 Å². The van der Waals surface area contributed by atoms with Gasteiger partial charge in [0.15, 0.2) is 0 Å². The molecule has 2 aliphatic rings. The van der Waals surface area contributed by atoms with E-state index in [9.17, 15) is 4.79 Å². The van der Waals surface area contributed by atoms with Gasteiger partial charge in [-0.2, -0.15) is 0 Å². The Morgan fingerprint density at radius 3 is 3.10 bits per heavy atom. The van der Waals surface area contributed by atoms with Crippen LogP contribution in [-0.2, 0) is 16.1 Å². The van der Waals surface area contributed by atoms with Crippen LogP contribution in [0.5, 0.6) is 0 Å². The van der Waals surface area contributed by atoms with E-state index in [0.717, 1.165) is 31.5 Å². The van der Waals surface area contributed by atoms with Gasteiger partial charge >= 0.3 is 0 Å². The number of nitrogens with one attached hydrogen (secondary N) is 1. The number of nitrogens with zero attached hydrogens (tertiary/aromatic N) is 1. The second-order valence-electron chi connectivity index (χ2n) is 5.63. The molecule has 108 valence electrons. The third-order valence-electron chi connectivity index (χ3n) is 4.03. The summed E-state index contributed by atoms with van der Waals surface area (Å²) >= 11 is 6.00. The number of carbonyl (C=O) groups excluding carboxylic acids is 1. The maximum atomic E-state index is 12.1. The summed E-state index contributed by atoms with van der Waals surface area (Å²) in [6, 6.07) is 7.68. The molecule has 0 aliphatic carbocycles. The molecular formula is C15H19ClN2O2. The first-order valence-corrected chi connectivity index (χ1v) is 7.42. The van der Waals surface area contributed by atoms with Crippen LogP contribution in [0.4, 0.5) is 0 Å². The standard InChI is InChI=1S/C15H19ClN2O2/c16-13-4-1-3-12(7-13)8-18-11-15(20-9-14(18)19)5-2-6-17-10-15/h1,3-4,7,17H,2,5-6,8-11H2. The molecule has 0 saturated carbocycles. The second-order valence-corrected chi connectivity index (χ2v) is 6.07. The highest BCUT2D eigenvalue weighted by atomic mass is 35.5. The van der Waals surface area contributed by atoms with Crippen molar-refractivity contribution in [2.45, 2.75) is 25.0 Å². The molecule has 20 heavy (non-hydrogen) atoms. The molecule has 1 aromatic carbocycles. The Morgan fingerprint density at radius 2 is 2.35 bits per heavy atom. The topological polar surface area (TPSA) is 41.6 Å². The maximum absolute atomic E-state index is 12.1. The molecule has 2 aliphatic heterocycles. The Balaban J connectivity index is 1.72. The fourth-order valence-corrected chi connectivity index (χ4v) is 3.20. The van der Waals surface area contributed by atoms with Gasteiger partial charge in [0.25, 0.3) is 0 Å². The van der Waals surface area contributed by atoms with Gasteiger partial charge in [-0.15, -0.1) is 0 Å². The van der Waals surface area contributed by atoms with Gasteiger partial charge in [0.2, 0.25) is 5.91 Å². The van der Waals surface area contributed by atoms with E-state index in [1.54, 1.807) is 0 Å². The first-order valence-electron chi connectivity index (χ1n) is 7.04. The molecule has 0 aromatic heterocycles. The van der Waals surface area contributed by atoms with Crippen molar-refractivity contribution in [2.75, 3.05) is 26.2 Å². The molecule has 0 radical (unpaired) electrons. The summed E-state index contributed by atoms with van der Waals surface area (Å²) < 4.78 is 5.83. The normalized spacial score (nSPS) is 27.1. The highest BCUT2D eigenvalue weighted by Gasteiger charge is 2.40. The number of halogens is 1. The minimum atomic E-state index is -0.204. The largest absolute Gasteiger partial charge is 0.362 e. The number of hydrogen-bond donors (Lipinski definition) is 1. The van der Waals surface area contributed by atoms with Gasteiger partial charge in [0.05, 0.1) is 12.1 Å². The van der Waals surface area contributed by atoms with E-state index in [1.807, 2.05) is 29.2 Å². The van der Waals surface area contributed by atoms with Crippen LogP contribution in [0.25, 0.3) is 0 Å². The summed E-state index contributed by atoms with van der Waals surface area (Å²) in [5.41, 5.74) is 0.858. The van der Waals surface area contributed by atoms with Gasteiger partial charge in [-0.05, 0) is 37.1 Å². The molecular weight excluding hydrogens is 276 g/mol. The minimum Gasteiger partial charge on any atom is -0.362 e. The van der Waals surface area contributed by atoms with Crippen molar-refractivity contribution in [3.63, 3.8) is 0 Å². The molecule has 3 rings (SSSR count). The number of morpholine rings is 1. The van der Waals surface area contributed by atoms with Crippen LogP contribution < -0.4 is 5.32 Å². The van der Waals surface area contributed by atoms with Gasteiger partial charge in [0, 0.05) is 18.1 Å². The molecule has 2 saturated heterocycles. The molecule has 2 heterocycles. The zero-order valence-electron chi connectivity index (χ0n) is 11.4. The van der Waals surface area contributed by atoms with Crippen molar-refractivity contribution in [1.29, 1.82) is 0 Å². The zero-order chi connectivity index (χ0) is 14.0. The molecule has 1 unspecified atom stereocenters. The molecule has 1 amide bonds. The van der Waals surface area contributed by atoms with Crippen LogP contribution in [0.1, 0.15) is 18.4 Å². The number of amides is 1. The van der Waals surface area contributed by atoms with Crippen LogP contribution in [0.15, 0.2) is 24.3 Å². The second kappa shape index (κ2) is 5.72. The zero-order valence-corrected chi connectivity index (χ0v) is 12.2. The SMILES string of the molecule is O=C1COC2(CCCNC2)CN1Cc1cccc(Cl)c1. The highest BCUT2D eigenvalue weighted by Crippen LogP contribution is 2.27. The summed E-state index contributed by atoms with van der Waals surface area (Å²) in [4.78, 5) is 13.9. The lowest BCUT2D eigenvalue weighted by Gasteiger charge is -2.44. The van der Waals surface area contributed by atoms with Crippen molar-refractivity contribution in [3.8, 4) is 0 Å². The van der Waals surface area contributed by atoms with E-state index < -0.39 is 0 Å². The lowest BCUT2D eigenvalue weighted by Crippen LogP contribution is -2.60. The first kappa shape index (κ1) is 13.9. The predicted molar refractivity (Wildman–Crippen MR) is 77.7 cm³/mol. The van der Waals surface area contributed by atoms with E-state index >= 15 is 0 Å². The van der Waals surface area contributed by atoms with Gasteiger partial charge in [-0.25, -0.2) is 0 Å². The molecule has 1 spiro atoms. The van der Waals surface area contributed by atoms with Gasteiger partial charge < -0.3 is 15.0 Å². The lowest BCUT2D eigenvalue weighted by molar-refractivity contribution is -0.167. The van der Waals surface area contributed by atoms with Gasteiger partial charge in [-0.3, -0.25) is 4.79 Å². The summed E-state index contributed by atoms with van der Waals surface area (Å²) in [5.74, 6) is 0.0566. The van der Waals surface area contributed by atoms with Crippen molar-refractivity contribution in [3.05, 3.63) is 34.9 Å². The number of ether oxygens (including phenoxy) is 1. The Labute approximate surface area is 124 Å². The summed E-state index contributed by atoms with van der Waals surface area (Å²) in [7, 11) is 0. The summed E-state index contributed by atoms with van der Waals surface area (Å²) in [6.45, 7) is 3.30. The quantitative estimate of drug-likeness (QED) is 0.905. The Kier molecular flexibility index (Phi) is 3.96. The van der Waals surface area contributed by atoms with Gasteiger partial charge in [-0.1, -0.05) is 23.7 Å². The van der Waals surface area contributed by atoms with Crippen LogP contribution >= 0.6 is 11.6 Å². The highest BCUT2D eigenvalue weighted by molar-refractivity contribution is 6.30. The Bertz CT molecular complexity index is 500. The van der Waals surface area contributed by atoms with Crippen LogP contribution in [-0.4, -0.2) is 42.6 Å². The van der Waals surface area contributed by atoms with Gasteiger partial charge in [0.1, 0.15) is 6.61 Å². The third-order valence-corrected chi connectivity index (χ3v) is 4.26. The third kappa shape index (κ3) is 2.97. The van der Waals surface area contributed by atoms with E-state index in [2.05, 4.69) is 5.32 Å². The number of hydrogen-bond acceptors (Lipinski definition) is 3. The van der Waals surface area contributed by atoms with E-state index in [0.29, 0.717) is 18.1 Å². The van der Waals surface area contributed by atoms with Crippen molar-refractivity contribution < 1.29 is 9.53 Å². The van der Waals surface area contributed by atoms with Crippen LogP contribution in [0.2, 0.25) is 5.02 Å². The Hall–Kier alpha value is -1.10. The monoisotopic (exact) mass is 294 g/mol. The average molecular weight is 295 g/mol. The molecule has 1 aromatic rings.